The van der Waals surface area contributed by atoms with Crippen LogP contribution in [0.2, 0.25) is 0 Å². The number of rotatable bonds is 2. The molecule has 1 aromatic rings. The fourth-order valence-electron chi connectivity index (χ4n) is 0.688. The Balaban J connectivity index is 2.77. The van der Waals surface area contributed by atoms with Crippen LogP contribution in [0.1, 0.15) is 0 Å². The molecule has 0 saturated carbocycles. The van der Waals surface area contributed by atoms with Gasteiger partial charge >= 0.3 is 4.42 Å². The van der Waals surface area contributed by atoms with E-state index in [4.69, 9.17) is 10.2 Å². The zero-order valence-electron chi connectivity index (χ0n) is 5.50. The van der Waals surface area contributed by atoms with Crippen LogP contribution < -0.4 is 5.23 Å². The van der Waals surface area contributed by atoms with Crippen molar-refractivity contribution in [1.29, 1.82) is 0 Å². The van der Waals surface area contributed by atoms with Crippen molar-refractivity contribution >= 4 is 41.6 Å². The second kappa shape index (κ2) is 3.54. The lowest BCUT2D eigenvalue weighted by Crippen LogP contribution is -2.06. The topological polar surface area (TPSA) is 68.3 Å². The van der Waals surface area contributed by atoms with Crippen LogP contribution in [0, 0.1) is 0 Å². The monoisotopic (exact) mass is 284 g/mol. The molecule has 0 spiro atoms. The number of aromatic hydroxyl groups is 2. The van der Waals surface area contributed by atoms with E-state index >= 15 is 0 Å². The van der Waals surface area contributed by atoms with Gasteiger partial charge in [0.05, 0.1) is 5.69 Å². The zero-order chi connectivity index (χ0) is 8.43. The van der Waals surface area contributed by atoms with E-state index in [-0.39, 0.29) is 16.2 Å². The van der Waals surface area contributed by atoms with Gasteiger partial charge in [-0.05, 0) is 0 Å². The maximum Gasteiger partial charge on any atom is 0.347 e. The second-order valence-corrected chi connectivity index (χ2v) is 5.33. The molecule has 11 heavy (non-hydrogen) atoms. The molecule has 0 bridgehead atoms. The molecule has 0 aliphatic carbocycles. The van der Waals surface area contributed by atoms with E-state index in [0.717, 1.165) is 0 Å². The Bertz CT molecular complexity index is 254. The van der Waals surface area contributed by atoms with E-state index in [1.165, 1.54) is 6.07 Å². The van der Waals surface area contributed by atoms with Crippen LogP contribution >= 0.6 is 31.5 Å². The van der Waals surface area contributed by atoms with Crippen LogP contribution in [-0.4, -0.2) is 19.6 Å². The molecule has 1 unspecified atom stereocenters. The van der Waals surface area contributed by atoms with Gasteiger partial charge in [-0.15, -0.1) is 31.5 Å². The smallest absolute Gasteiger partial charge is 0.347 e. The summed E-state index contributed by atoms with van der Waals surface area (Å²) in [5, 5.41) is 20.9. The zero-order valence-corrected chi connectivity index (χ0v) is 8.82. The van der Waals surface area contributed by atoms with Crippen LogP contribution in [0.3, 0.4) is 0 Å². The Morgan fingerprint density at radius 2 is 2.27 bits per heavy atom. The van der Waals surface area contributed by atoms with Crippen LogP contribution in [0.5, 0.6) is 11.8 Å². The number of halogens is 1. The predicted octanol–water partition coefficient (Wildman–Crippen LogP) is 1.13. The Labute approximate surface area is 79.9 Å². The van der Waals surface area contributed by atoms with Gasteiger partial charge in [0.1, 0.15) is 0 Å². The van der Waals surface area contributed by atoms with Crippen LogP contribution in [0.4, 0.5) is 5.69 Å². The van der Waals surface area contributed by atoms with E-state index in [0.29, 0.717) is 5.69 Å². The Morgan fingerprint density at radius 3 is 2.64 bits per heavy atom. The lowest BCUT2D eigenvalue weighted by molar-refractivity contribution is 0.426. The Hall–Kier alpha value is -0.0951. The highest BCUT2D eigenvalue weighted by Gasteiger charge is 2.08. The molecule has 0 aliphatic rings. The first kappa shape index (κ1) is 9.00. The molecule has 7 heteroatoms. The Kier molecular flexibility index (Phi) is 2.89. The summed E-state index contributed by atoms with van der Waals surface area (Å²) in [5.41, 5.74) is 0.497. The minimum atomic E-state index is -0.0494. The molecular weight excluding hydrogens is 277 g/mol. The van der Waals surface area contributed by atoms with Crippen molar-refractivity contribution in [3.63, 3.8) is 0 Å². The highest BCUT2D eigenvalue weighted by molar-refractivity contribution is 14.1. The normalized spacial score (nSPS) is 9.64. The fourth-order valence-corrected chi connectivity index (χ4v) is 1.20. The van der Waals surface area contributed by atoms with E-state index < -0.39 is 0 Å². The number of nitrogens with one attached hydrogen (secondary N) is 2. The lowest BCUT2D eigenvalue weighted by atomic mass is 10.3. The molecule has 0 amide bonds. The van der Waals surface area contributed by atoms with Crippen molar-refractivity contribution in [2.75, 3.05) is 5.23 Å². The Morgan fingerprint density at radius 1 is 1.64 bits per heavy atom. The second-order valence-electron chi connectivity index (χ2n) is 1.96. The molecule has 1 aromatic heterocycles. The number of hydrogen-bond donors (Lipinski definition) is 4. The van der Waals surface area contributed by atoms with Crippen molar-refractivity contribution in [3.05, 3.63) is 6.07 Å². The molecule has 4 N–H and O–H groups in total. The molecule has 0 fully saturated rings. The largest absolute Gasteiger partial charge is 0.494 e. The van der Waals surface area contributed by atoms with Gasteiger partial charge in [0.15, 0.2) is 5.88 Å². The number of anilines is 1. The first-order chi connectivity index (χ1) is 5.09. The number of hydrogen-bond acceptors (Lipinski definition) is 3. The van der Waals surface area contributed by atoms with Gasteiger partial charge in [-0.25, -0.2) is 0 Å². The van der Waals surface area contributed by atoms with Crippen molar-refractivity contribution in [1.82, 2.24) is 4.98 Å². The van der Waals surface area contributed by atoms with Gasteiger partial charge in [0, 0.05) is 6.07 Å². The van der Waals surface area contributed by atoms with E-state index in [2.05, 4.69) is 41.7 Å². The average Bonchev–Trinajstić information content (AvgIpc) is 2.09. The van der Waals surface area contributed by atoms with E-state index in [1.807, 2.05) is 0 Å². The van der Waals surface area contributed by atoms with Crippen LogP contribution in [0.25, 0.3) is 0 Å². The molecule has 0 saturated heterocycles. The van der Waals surface area contributed by atoms with Gasteiger partial charge in [0.25, 0.3) is 0 Å². The van der Waals surface area contributed by atoms with Gasteiger partial charge < -0.3 is 15.4 Å². The number of aromatic amines is 1. The molecule has 4 nitrogen and oxygen atoms in total. The SMILES string of the molecule is Oc1cc(NB(P)I)c(O)[nH]1. The summed E-state index contributed by atoms with van der Waals surface area (Å²) >= 11 is 2.12. The maximum absolute atomic E-state index is 9.09. The van der Waals surface area contributed by atoms with E-state index in [9.17, 15) is 0 Å². The quantitative estimate of drug-likeness (QED) is 0.374. The third kappa shape index (κ3) is 2.45. The average molecular weight is 284 g/mol. The first-order valence-corrected chi connectivity index (χ1v) is 4.78. The predicted molar refractivity (Wildman–Crippen MR) is 57.2 cm³/mol. The summed E-state index contributed by atoms with van der Waals surface area (Å²) in [5.74, 6) is -0.0985. The van der Waals surface area contributed by atoms with Crippen molar-refractivity contribution in [3.8, 4) is 11.8 Å². The summed E-state index contributed by atoms with van der Waals surface area (Å²) in [4.78, 5) is 2.35. The van der Waals surface area contributed by atoms with Crippen molar-refractivity contribution < 1.29 is 10.2 Å². The number of aromatic nitrogens is 1. The van der Waals surface area contributed by atoms with E-state index in [1.54, 1.807) is 0 Å². The molecule has 1 atom stereocenters. The third-order valence-electron chi connectivity index (χ3n) is 1.08. The van der Waals surface area contributed by atoms with Gasteiger partial charge in [-0.3, -0.25) is 4.98 Å². The fraction of sp³-hybridized carbons (Fsp3) is 0. The van der Waals surface area contributed by atoms with Crippen molar-refractivity contribution in [2.24, 2.45) is 0 Å². The van der Waals surface area contributed by atoms with Gasteiger partial charge in [0.2, 0.25) is 5.88 Å². The molecule has 60 valence electrons. The van der Waals surface area contributed by atoms with Crippen LogP contribution in [-0.2, 0) is 0 Å². The highest BCUT2D eigenvalue weighted by atomic mass is 127. The maximum atomic E-state index is 9.09. The summed E-state index contributed by atoms with van der Waals surface area (Å²) in [6.45, 7) is 0. The van der Waals surface area contributed by atoms with Crippen molar-refractivity contribution in [2.45, 2.75) is 0 Å². The van der Waals surface area contributed by atoms with Crippen LogP contribution in [0.15, 0.2) is 6.07 Å². The molecular formula is C4H7BIN2O2P. The first-order valence-electron chi connectivity index (χ1n) is 2.86. The van der Waals surface area contributed by atoms with Gasteiger partial charge in [-0.2, -0.15) is 0 Å². The summed E-state index contributed by atoms with van der Waals surface area (Å²) in [7, 11) is 2.51. The standard InChI is InChI=1S/C4H7BIN2O2P/c6-5(11)8-2-1-3(9)7-4(2)10/h1,7-10H,11H2. The molecule has 0 aromatic carbocycles. The molecule has 0 radical (unpaired) electrons. The summed E-state index contributed by atoms with van der Waals surface area (Å²) in [6.07, 6.45) is 0. The summed E-state index contributed by atoms with van der Waals surface area (Å²) < 4.78 is 0.119. The minimum absolute atomic E-state index is 0.0490. The molecule has 1 rings (SSSR count). The summed E-state index contributed by atoms with van der Waals surface area (Å²) in [6, 6.07) is 1.42. The minimum Gasteiger partial charge on any atom is -0.494 e. The highest BCUT2D eigenvalue weighted by Crippen LogP contribution is 2.28. The molecule has 0 aliphatic heterocycles. The third-order valence-corrected chi connectivity index (χ3v) is 1.55. The number of H-pyrrole nitrogens is 1. The molecule has 1 heterocycles. The lowest BCUT2D eigenvalue weighted by Gasteiger charge is -2.01. The van der Waals surface area contributed by atoms with Gasteiger partial charge in [-0.1, -0.05) is 0 Å².